The molecule has 0 amide bonds. The third kappa shape index (κ3) is 10.7. The Morgan fingerprint density at radius 3 is 1.76 bits per heavy atom. The van der Waals surface area contributed by atoms with Gasteiger partial charge < -0.3 is 39.6 Å². The normalized spacial score (nSPS) is 17.0. The molecule has 0 heterocycles. The first kappa shape index (κ1) is 20.4. The second-order valence-electron chi connectivity index (χ2n) is 3.55. The van der Waals surface area contributed by atoms with Crippen LogP contribution in [0.5, 0.6) is 0 Å². The minimum absolute atomic E-state index is 1.10. The van der Waals surface area contributed by atoms with Crippen molar-refractivity contribution < 1.29 is 62.6 Å². The van der Waals surface area contributed by atoms with Gasteiger partial charge in [0.15, 0.2) is 6.10 Å². The van der Waals surface area contributed by atoms with Gasteiger partial charge in [0.25, 0.3) is 0 Å². The molecule has 0 spiro atoms. The van der Waals surface area contributed by atoms with E-state index in [-0.39, 0.29) is 0 Å². The van der Waals surface area contributed by atoms with E-state index in [9.17, 15) is 24.1 Å². The molecule has 7 N–H and O–H groups in total. The summed E-state index contributed by atoms with van der Waals surface area (Å²) in [5.41, 5.74) is 0. The first-order valence-electron chi connectivity index (χ1n) is 4.97. The zero-order valence-electron chi connectivity index (χ0n) is 10.1. The van der Waals surface area contributed by atoms with Crippen molar-refractivity contribution in [2.75, 3.05) is 13.2 Å². The fourth-order valence-electron chi connectivity index (χ4n) is 1.02. The van der Waals surface area contributed by atoms with Gasteiger partial charge in [-0.3, -0.25) is 9.05 Å². The number of carboxylic acid groups (broad SMARTS) is 1. The van der Waals surface area contributed by atoms with Gasteiger partial charge in [-0.15, -0.1) is 0 Å². The largest absolute Gasteiger partial charge is 0.506 e. The summed E-state index contributed by atoms with van der Waals surface area (Å²) >= 11 is 0. The Hall–Kier alpha value is -0.590. The van der Waals surface area contributed by atoms with Gasteiger partial charge in [0.1, 0.15) is 12.2 Å². The van der Waals surface area contributed by atoms with E-state index in [2.05, 4.69) is 13.8 Å². The summed E-state index contributed by atoms with van der Waals surface area (Å²) < 4.78 is 32.7. The molecule has 21 heavy (non-hydrogen) atoms. The number of rotatable bonds is 9. The highest BCUT2D eigenvalue weighted by atomic mass is 31.2. The van der Waals surface area contributed by atoms with Crippen molar-refractivity contribution in [1.82, 2.24) is 0 Å². The quantitative estimate of drug-likeness (QED) is 0.175. The fourth-order valence-corrected chi connectivity index (χ4v) is 1.71. The minimum Gasteiger partial charge on any atom is -0.450 e. The van der Waals surface area contributed by atoms with Crippen LogP contribution >= 0.6 is 15.6 Å². The zero-order valence-corrected chi connectivity index (χ0v) is 11.9. The summed E-state index contributed by atoms with van der Waals surface area (Å²) in [7, 11) is -9.94. The van der Waals surface area contributed by atoms with E-state index in [1.54, 1.807) is 0 Å². The van der Waals surface area contributed by atoms with Crippen molar-refractivity contribution in [3.8, 4) is 0 Å². The monoisotopic (exact) mass is 356 g/mol. The Balaban J connectivity index is 4.69. The maximum atomic E-state index is 10.5. The lowest BCUT2D eigenvalue weighted by Crippen LogP contribution is -2.44. The molecule has 0 saturated heterocycles. The van der Waals surface area contributed by atoms with Crippen LogP contribution in [0.1, 0.15) is 0 Å². The van der Waals surface area contributed by atoms with Crippen LogP contribution in [-0.2, 0) is 22.9 Å². The molecular formula is C6H14O13P2. The molecule has 0 aromatic heterocycles. The van der Waals surface area contributed by atoms with E-state index in [1.807, 2.05) is 0 Å². The average molecular weight is 356 g/mol. The summed E-state index contributed by atoms with van der Waals surface area (Å²) in [6.45, 7) is -2.22. The van der Waals surface area contributed by atoms with Gasteiger partial charge in [-0.1, -0.05) is 0 Å². The summed E-state index contributed by atoms with van der Waals surface area (Å²) in [5.74, 6) is 0. The van der Waals surface area contributed by atoms with Crippen molar-refractivity contribution in [3.63, 3.8) is 0 Å². The number of hydrogen-bond acceptors (Lipinski definition) is 8. The fraction of sp³-hybridized carbons (Fsp3) is 0.833. The lowest BCUT2D eigenvalue weighted by atomic mass is 10.1. The maximum absolute atomic E-state index is 10.5. The minimum atomic E-state index is -5.00. The predicted octanol–water partition coefficient (Wildman–Crippen LogP) is -2.01. The molecule has 0 rings (SSSR count). The van der Waals surface area contributed by atoms with Crippen molar-refractivity contribution >= 4 is 21.8 Å². The maximum Gasteiger partial charge on any atom is 0.506 e. The molecule has 0 aliphatic heterocycles. The van der Waals surface area contributed by atoms with Crippen molar-refractivity contribution in [3.05, 3.63) is 0 Å². The van der Waals surface area contributed by atoms with Gasteiger partial charge in [0, 0.05) is 0 Å². The van der Waals surface area contributed by atoms with Crippen LogP contribution < -0.4 is 0 Å². The number of aliphatic hydroxyl groups is 2. The summed E-state index contributed by atoms with van der Waals surface area (Å²) in [5, 5.41) is 27.3. The van der Waals surface area contributed by atoms with Crippen LogP contribution in [0.2, 0.25) is 0 Å². The van der Waals surface area contributed by atoms with Crippen LogP contribution in [-0.4, -0.2) is 72.6 Å². The lowest BCUT2D eigenvalue weighted by Gasteiger charge is -2.25. The van der Waals surface area contributed by atoms with Gasteiger partial charge in [0.2, 0.25) is 0 Å². The van der Waals surface area contributed by atoms with Crippen LogP contribution in [0.4, 0.5) is 4.79 Å². The van der Waals surface area contributed by atoms with Crippen LogP contribution in [0, 0.1) is 0 Å². The van der Waals surface area contributed by atoms with Gasteiger partial charge in [-0.25, -0.2) is 13.9 Å². The van der Waals surface area contributed by atoms with Crippen molar-refractivity contribution in [2.24, 2.45) is 0 Å². The molecule has 0 bridgehead atoms. The number of hydrogen-bond donors (Lipinski definition) is 7. The number of aliphatic hydroxyl groups excluding tert-OH is 2. The predicted molar refractivity (Wildman–Crippen MR) is 60.9 cm³/mol. The number of ether oxygens (including phenoxy) is 1. The molecule has 0 aromatic rings. The summed E-state index contributed by atoms with van der Waals surface area (Å²) in [6.07, 6.45) is -8.04. The molecule has 0 unspecified atom stereocenters. The van der Waals surface area contributed by atoms with E-state index in [4.69, 9.17) is 24.7 Å². The van der Waals surface area contributed by atoms with E-state index in [0.29, 0.717) is 0 Å². The second kappa shape index (κ2) is 8.15. The number of phosphoric ester groups is 2. The highest BCUT2D eigenvalue weighted by Crippen LogP contribution is 2.37. The molecule has 0 aromatic carbocycles. The first-order chi connectivity index (χ1) is 9.32. The molecule has 13 nitrogen and oxygen atoms in total. The molecule has 15 heteroatoms. The molecule has 0 radical (unpaired) electrons. The Bertz CT molecular complexity index is 424. The van der Waals surface area contributed by atoms with E-state index in [0.717, 1.165) is 0 Å². The van der Waals surface area contributed by atoms with Crippen LogP contribution in [0.3, 0.4) is 0 Å². The Kier molecular flexibility index (Phi) is 7.92. The van der Waals surface area contributed by atoms with Gasteiger partial charge in [-0.2, -0.15) is 0 Å². The highest BCUT2D eigenvalue weighted by molar-refractivity contribution is 7.46. The molecule has 3 atom stereocenters. The third-order valence-corrected chi connectivity index (χ3v) is 2.82. The van der Waals surface area contributed by atoms with Gasteiger partial charge in [0.05, 0.1) is 13.2 Å². The standard InChI is InChI=1S/C6H14O13P2/c7-3(1-17-20(11,12)13)5(8)4(19-6(9)10)2-18-21(14,15)16/h3-5,7-8H,1-2H2,(H,9,10)(H2,11,12,13)(H2,14,15,16)/t3-,4+,5-/m1/s1. The Morgan fingerprint density at radius 2 is 1.38 bits per heavy atom. The summed E-state index contributed by atoms with van der Waals surface area (Å²) in [4.78, 5) is 44.0. The Morgan fingerprint density at radius 1 is 0.952 bits per heavy atom. The second-order valence-corrected chi connectivity index (χ2v) is 6.03. The van der Waals surface area contributed by atoms with Crippen LogP contribution in [0.15, 0.2) is 0 Å². The van der Waals surface area contributed by atoms with Crippen molar-refractivity contribution in [2.45, 2.75) is 18.3 Å². The zero-order chi connectivity index (χ0) is 16.8. The van der Waals surface area contributed by atoms with Crippen molar-refractivity contribution in [1.29, 1.82) is 0 Å². The topological polar surface area (TPSA) is 221 Å². The molecule has 0 aliphatic rings. The molecule has 126 valence electrons. The molecule has 0 aliphatic carbocycles. The number of carbonyl (C=O) groups is 1. The third-order valence-electron chi connectivity index (χ3n) is 1.85. The van der Waals surface area contributed by atoms with E-state index >= 15 is 0 Å². The van der Waals surface area contributed by atoms with Gasteiger partial charge in [-0.05, 0) is 0 Å². The molecule has 0 saturated carbocycles. The average Bonchev–Trinajstić information content (AvgIpc) is 2.28. The lowest BCUT2D eigenvalue weighted by molar-refractivity contribution is -0.0989. The van der Waals surface area contributed by atoms with Gasteiger partial charge >= 0.3 is 21.8 Å². The van der Waals surface area contributed by atoms with E-state index < -0.39 is 53.3 Å². The highest BCUT2D eigenvalue weighted by Gasteiger charge is 2.33. The number of phosphoric acid groups is 2. The SMILES string of the molecule is O=C(O)O[C@@H](COP(=O)(O)O)[C@H](O)[C@H](O)COP(=O)(O)O. The summed E-state index contributed by atoms with van der Waals surface area (Å²) in [6, 6.07) is 0. The van der Waals surface area contributed by atoms with Crippen LogP contribution in [0.25, 0.3) is 0 Å². The smallest absolute Gasteiger partial charge is 0.450 e. The molecular weight excluding hydrogens is 342 g/mol. The van der Waals surface area contributed by atoms with E-state index in [1.165, 1.54) is 0 Å². The Labute approximate surface area is 117 Å². The first-order valence-corrected chi connectivity index (χ1v) is 8.04. The molecule has 0 fully saturated rings.